The van der Waals surface area contributed by atoms with E-state index < -0.39 is 24.4 Å². The third-order valence-electron chi connectivity index (χ3n) is 1.68. The number of nitrogens with zero attached hydrogens (tertiary/aromatic N) is 1. The molecule has 1 rings (SSSR count). The standard InChI is InChI=1S/C7H12N2O4/c8-6(11)3-7(12)13-9-2-1-5(10)4-9/h5,10H,1-4H2,(H2,8,11). The molecule has 1 fully saturated rings. The zero-order chi connectivity index (χ0) is 9.84. The van der Waals surface area contributed by atoms with Gasteiger partial charge in [0.2, 0.25) is 5.91 Å². The average molecular weight is 188 g/mol. The summed E-state index contributed by atoms with van der Waals surface area (Å²) in [5.74, 6) is -1.40. The number of hydroxylamine groups is 2. The summed E-state index contributed by atoms with van der Waals surface area (Å²) >= 11 is 0. The van der Waals surface area contributed by atoms with E-state index in [9.17, 15) is 9.59 Å². The van der Waals surface area contributed by atoms with Crippen molar-refractivity contribution in [2.24, 2.45) is 5.73 Å². The van der Waals surface area contributed by atoms with Crippen molar-refractivity contribution in [2.45, 2.75) is 18.9 Å². The number of hydrogen-bond donors (Lipinski definition) is 2. The lowest BCUT2D eigenvalue weighted by Gasteiger charge is -2.13. The maximum atomic E-state index is 10.9. The van der Waals surface area contributed by atoms with Gasteiger partial charge in [-0.15, -0.1) is 5.06 Å². The maximum absolute atomic E-state index is 10.9. The Kier molecular flexibility index (Phi) is 3.21. The molecule has 0 bridgehead atoms. The molecule has 3 N–H and O–H groups in total. The molecule has 1 unspecified atom stereocenters. The van der Waals surface area contributed by atoms with Gasteiger partial charge >= 0.3 is 5.97 Å². The monoisotopic (exact) mass is 188 g/mol. The highest BCUT2D eigenvalue weighted by molar-refractivity contribution is 5.93. The third kappa shape index (κ3) is 3.39. The van der Waals surface area contributed by atoms with Gasteiger partial charge in [0.15, 0.2) is 0 Å². The second-order valence-corrected chi connectivity index (χ2v) is 2.94. The largest absolute Gasteiger partial charge is 0.392 e. The average Bonchev–Trinajstić information content (AvgIpc) is 2.33. The fourth-order valence-corrected chi connectivity index (χ4v) is 1.11. The van der Waals surface area contributed by atoms with Crippen molar-refractivity contribution in [2.75, 3.05) is 13.1 Å². The first-order valence-electron chi connectivity index (χ1n) is 4.00. The first-order valence-corrected chi connectivity index (χ1v) is 4.00. The Morgan fingerprint density at radius 2 is 2.31 bits per heavy atom. The number of aliphatic hydroxyl groups excluding tert-OH is 1. The second kappa shape index (κ2) is 4.20. The second-order valence-electron chi connectivity index (χ2n) is 2.94. The number of nitrogens with two attached hydrogens (primary N) is 1. The molecule has 1 aliphatic rings. The van der Waals surface area contributed by atoms with E-state index in [0.717, 1.165) is 0 Å². The summed E-state index contributed by atoms with van der Waals surface area (Å²) in [6.07, 6.45) is -0.308. The Hall–Kier alpha value is -1.14. The van der Waals surface area contributed by atoms with Crippen LogP contribution in [-0.4, -0.2) is 41.2 Å². The lowest BCUT2D eigenvalue weighted by Crippen LogP contribution is -2.28. The van der Waals surface area contributed by atoms with Crippen LogP contribution in [0.4, 0.5) is 0 Å². The predicted octanol–water partition coefficient (Wildman–Crippen LogP) is -1.61. The number of rotatable bonds is 3. The van der Waals surface area contributed by atoms with E-state index in [1.165, 1.54) is 5.06 Å². The van der Waals surface area contributed by atoms with Crippen LogP contribution in [0.3, 0.4) is 0 Å². The van der Waals surface area contributed by atoms with Crippen LogP contribution in [0.5, 0.6) is 0 Å². The Bertz CT molecular complexity index is 219. The molecule has 6 heteroatoms. The first-order chi connectivity index (χ1) is 6.08. The first kappa shape index (κ1) is 9.94. The number of carbonyl (C=O) groups is 2. The summed E-state index contributed by atoms with van der Waals surface area (Å²) in [4.78, 5) is 25.9. The van der Waals surface area contributed by atoms with Crippen molar-refractivity contribution in [1.82, 2.24) is 5.06 Å². The maximum Gasteiger partial charge on any atom is 0.334 e. The van der Waals surface area contributed by atoms with Crippen molar-refractivity contribution in [3.8, 4) is 0 Å². The van der Waals surface area contributed by atoms with Gasteiger partial charge in [0, 0.05) is 6.54 Å². The Balaban J connectivity index is 2.24. The Morgan fingerprint density at radius 3 is 2.77 bits per heavy atom. The van der Waals surface area contributed by atoms with Gasteiger partial charge < -0.3 is 15.7 Å². The van der Waals surface area contributed by atoms with Crippen molar-refractivity contribution in [3.05, 3.63) is 0 Å². The molecule has 0 spiro atoms. The smallest absolute Gasteiger partial charge is 0.334 e. The molecule has 0 saturated carbocycles. The highest BCUT2D eigenvalue weighted by atomic mass is 16.7. The Morgan fingerprint density at radius 1 is 1.62 bits per heavy atom. The molecule has 1 atom stereocenters. The van der Waals surface area contributed by atoms with E-state index in [0.29, 0.717) is 19.5 Å². The molecule has 6 nitrogen and oxygen atoms in total. The van der Waals surface area contributed by atoms with Gasteiger partial charge in [-0.2, -0.15) is 0 Å². The topological polar surface area (TPSA) is 92.9 Å². The van der Waals surface area contributed by atoms with Crippen molar-refractivity contribution < 1.29 is 19.5 Å². The van der Waals surface area contributed by atoms with E-state index in [1.807, 2.05) is 0 Å². The number of primary amides is 1. The number of amides is 1. The molecule has 1 aliphatic heterocycles. The summed E-state index contributed by atoms with van der Waals surface area (Å²) < 4.78 is 0. The molecule has 0 aliphatic carbocycles. The van der Waals surface area contributed by atoms with Crippen molar-refractivity contribution in [1.29, 1.82) is 0 Å². The molecule has 0 aromatic carbocycles. The molecule has 1 amide bonds. The van der Waals surface area contributed by atoms with Crippen LogP contribution in [0, 0.1) is 0 Å². The molecule has 1 saturated heterocycles. The van der Waals surface area contributed by atoms with Gasteiger partial charge in [-0.05, 0) is 6.42 Å². The van der Waals surface area contributed by atoms with E-state index in [-0.39, 0.29) is 0 Å². The van der Waals surface area contributed by atoms with Crippen molar-refractivity contribution >= 4 is 11.9 Å². The van der Waals surface area contributed by atoms with E-state index in [4.69, 9.17) is 15.7 Å². The number of carbonyl (C=O) groups excluding carboxylic acids is 2. The van der Waals surface area contributed by atoms with Crippen LogP contribution in [0.2, 0.25) is 0 Å². The molecule has 0 radical (unpaired) electrons. The summed E-state index contributed by atoms with van der Waals surface area (Å²) in [7, 11) is 0. The minimum atomic E-state index is -0.718. The van der Waals surface area contributed by atoms with E-state index in [1.54, 1.807) is 0 Å². The summed E-state index contributed by atoms with van der Waals surface area (Å²) in [5, 5.41) is 10.4. The fourth-order valence-electron chi connectivity index (χ4n) is 1.11. The number of hydrogen-bond acceptors (Lipinski definition) is 5. The minimum Gasteiger partial charge on any atom is -0.392 e. The van der Waals surface area contributed by atoms with Crippen molar-refractivity contribution in [3.63, 3.8) is 0 Å². The van der Waals surface area contributed by atoms with Gasteiger partial charge in [0.1, 0.15) is 6.42 Å². The lowest BCUT2D eigenvalue weighted by molar-refractivity contribution is -0.186. The molecule has 0 aromatic heterocycles. The van der Waals surface area contributed by atoms with Crippen LogP contribution >= 0.6 is 0 Å². The molecule has 13 heavy (non-hydrogen) atoms. The van der Waals surface area contributed by atoms with E-state index >= 15 is 0 Å². The predicted molar refractivity (Wildman–Crippen MR) is 42.1 cm³/mol. The highest BCUT2D eigenvalue weighted by Crippen LogP contribution is 2.09. The molecule has 74 valence electrons. The fraction of sp³-hybridized carbons (Fsp3) is 0.714. The molecule has 1 heterocycles. The SMILES string of the molecule is NC(=O)CC(=O)ON1CCC(O)C1. The van der Waals surface area contributed by atoms with Crippen LogP contribution < -0.4 is 5.73 Å². The molecule has 0 aromatic rings. The van der Waals surface area contributed by atoms with Crippen LogP contribution in [0.1, 0.15) is 12.8 Å². The highest BCUT2D eigenvalue weighted by Gasteiger charge is 2.23. The van der Waals surface area contributed by atoms with Gasteiger partial charge in [0.25, 0.3) is 0 Å². The molecular formula is C7H12N2O4. The zero-order valence-corrected chi connectivity index (χ0v) is 7.10. The summed E-state index contributed by atoms with van der Waals surface area (Å²) in [5.41, 5.74) is 4.79. The van der Waals surface area contributed by atoms with Crippen LogP contribution in [0.15, 0.2) is 0 Å². The summed E-state index contributed by atoms with van der Waals surface area (Å²) in [6, 6.07) is 0. The van der Waals surface area contributed by atoms with Crippen LogP contribution in [0.25, 0.3) is 0 Å². The van der Waals surface area contributed by atoms with Gasteiger partial charge in [-0.25, -0.2) is 4.79 Å². The van der Waals surface area contributed by atoms with Crippen LogP contribution in [-0.2, 0) is 14.4 Å². The number of aliphatic hydroxyl groups is 1. The number of β-amino-alcohol motifs (C(OH)–C–C–N with tert-alkyl or cyclic N) is 1. The third-order valence-corrected chi connectivity index (χ3v) is 1.68. The van der Waals surface area contributed by atoms with Gasteiger partial charge in [-0.1, -0.05) is 0 Å². The zero-order valence-electron chi connectivity index (χ0n) is 7.10. The summed E-state index contributed by atoms with van der Waals surface area (Å²) in [6.45, 7) is 0.788. The lowest BCUT2D eigenvalue weighted by atomic mass is 10.3. The minimum absolute atomic E-state index is 0.296. The quantitative estimate of drug-likeness (QED) is 0.519. The van der Waals surface area contributed by atoms with Gasteiger partial charge in [-0.3, -0.25) is 4.79 Å². The van der Waals surface area contributed by atoms with Gasteiger partial charge in [0.05, 0.1) is 12.6 Å². The normalized spacial score (nSPS) is 23.0. The molecular weight excluding hydrogens is 176 g/mol. The Labute approximate surface area is 75.2 Å². The van der Waals surface area contributed by atoms with E-state index in [2.05, 4.69) is 0 Å².